The summed E-state index contributed by atoms with van der Waals surface area (Å²) in [5.74, 6) is -1.31. The maximum absolute atomic E-state index is 11.3. The first-order valence-corrected chi connectivity index (χ1v) is 7.33. The van der Waals surface area contributed by atoms with E-state index < -0.39 is 24.3 Å². The number of esters is 1. The van der Waals surface area contributed by atoms with E-state index in [4.69, 9.17) is 20.1 Å². The van der Waals surface area contributed by atoms with Gasteiger partial charge >= 0.3 is 11.9 Å². The van der Waals surface area contributed by atoms with Crippen LogP contribution in [-0.2, 0) is 14.3 Å². The van der Waals surface area contributed by atoms with Crippen LogP contribution in [0, 0.1) is 0 Å². The van der Waals surface area contributed by atoms with Crippen molar-refractivity contribution in [1.29, 1.82) is 0 Å². The summed E-state index contributed by atoms with van der Waals surface area (Å²) in [6.07, 6.45) is 2.09. The number of rotatable bonds is 13. The van der Waals surface area contributed by atoms with Crippen LogP contribution in [0.15, 0.2) is 0 Å². The minimum absolute atomic E-state index is 0.0401. The maximum atomic E-state index is 11.3. The number of aliphatic hydroxyl groups is 3. The average molecular weight is 306 g/mol. The van der Waals surface area contributed by atoms with Crippen LogP contribution < -0.4 is 0 Å². The van der Waals surface area contributed by atoms with Crippen molar-refractivity contribution in [2.24, 2.45) is 0 Å². The molecule has 0 aromatic carbocycles. The number of hydrogen-bond acceptors (Lipinski definition) is 6. The normalized spacial score (nSPS) is 12.4. The largest absolute Gasteiger partial charge is 0.481 e. The first-order valence-electron chi connectivity index (χ1n) is 7.33. The predicted molar refractivity (Wildman–Crippen MR) is 74.4 cm³/mol. The summed E-state index contributed by atoms with van der Waals surface area (Å²) < 4.78 is 4.89. The van der Waals surface area contributed by atoms with Crippen LogP contribution >= 0.6 is 0 Å². The van der Waals surface area contributed by atoms with Crippen molar-refractivity contribution in [3.63, 3.8) is 0 Å². The van der Waals surface area contributed by atoms with Gasteiger partial charge in [-0.25, -0.2) is 0 Å². The SMILES string of the molecule is O=C(O)CCCCC(=O)OCC(O)CCCCCC(O)O. The predicted octanol–water partition coefficient (Wildman–Crippen LogP) is 0.797. The highest BCUT2D eigenvalue weighted by atomic mass is 16.5. The highest BCUT2D eigenvalue weighted by molar-refractivity contribution is 5.69. The molecule has 0 radical (unpaired) electrons. The molecule has 124 valence electrons. The van der Waals surface area contributed by atoms with Gasteiger partial charge in [0.05, 0.1) is 6.10 Å². The van der Waals surface area contributed by atoms with Gasteiger partial charge in [0.1, 0.15) is 6.61 Å². The smallest absolute Gasteiger partial charge is 0.305 e. The lowest BCUT2D eigenvalue weighted by molar-refractivity contribution is -0.147. The van der Waals surface area contributed by atoms with Crippen molar-refractivity contribution in [3.05, 3.63) is 0 Å². The zero-order valence-corrected chi connectivity index (χ0v) is 12.2. The standard InChI is InChI=1S/C14H26O7/c15-11(6-2-1-3-7-12(16)17)10-21-14(20)9-5-4-8-13(18)19/h11-12,15-17H,1-10H2,(H,18,19). The summed E-state index contributed by atoms with van der Waals surface area (Å²) >= 11 is 0. The Labute approximate surface area is 124 Å². The first kappa shape index (κ1) is 19.8. The maximum Gasteiger partial charge on any atom is 0.305 e. The Morgan fingerprint density at radius 2 is 1.48 bits per heavy atom. The summed E-state index contributed by atoms with van der Waals surface area (Å²) in [7, 11) is 0. The Morgan fingerprint density at radius 1 is 0.857 bits per heavy atom. The van der Waals surface area contributed by atoms with Crippen molar-refractivity contribution in [2.75, 3.05) is 6.61 Å². The highest BCUT2D eigenvalue weighted by Crippen LogP contribution is 2.08. The number of carbonyl (C=O) groups excluding carboxylic acids is 1. The fraction of sp³-hybridized carbons (Fsp3) is 0.857. The van der Waals surface area contributed by atoms with Gasteiger partial charge in [-0.2, -0.15) is 0 Å². The molecule has 0 saturated heterocycles. The molecule has 4 N–H and O–H groups in total. The number of unbranched alkanes of at least 4 members (excludes halogenated alkanes) is 3. The van der Waals surface area contributed by atoms with Gasteiger partial charge in [-0.1, -0.05) is 12.8 Å². The zero-order chi connectivity index (χ0) is 16.1. The molecular weight excluding hydrogens is 280 g/mol. The van der Waals surface area contributed by atoms with E-state index in [9.17, 15) is 14.7 Å². The molecule has 0 amide bonds. The molecule has 7 nitrogen and oxygen atoms in total. The summed E-state index contributed by atoms with van der Waals surface area (Å²) in [6, 6.07) is 0. The monoisotopic (exact) mass is 306 g/mol. The Bertz CT molecular complexity index is 291. The number of aliphatic carboxylic acids is 1. The van der Waals surface area contributed by atoms with Gasteiger partial charge in [-0.3, -0.25) is 9.59 Å². The van der Waals surface area contributed by atoms with Crippen LogP contribution in [0.4, 0.5) is 0 Å². The van der Waals surface area contributed by atoms with Crippen LogP contribution in [-0.4, -0.2) is 51.4 Å². The second kappa shape index (κ2) is 12.6. The number of carbonyl (C=O) groups is 2. The van der Waals surface area contributed by atoms with E-state index in [1.165, 1.54) is 0 Å². The molecule has 7 heteroatoms. The van der Waals surface area contributed by atoms with Crippen molar-refractivity contribution in [2.45, 2.75) is 70.2 Å². The van der Waals surface area contributed by atoms with Crippen molar-refractivity contribution in [1.82, 2.24) is 0 Å². The second-order valence-electron chi connectivity index (χ2n) is 5.06. The first-order chi connectivity index (χ1) is 9.91. The molecular formula is C14H26O7. The molecule has 0 rings (SSSR count). The molecule has 0 bridgehead atoms. The number of ether oxygens (including phenoxy) is 1. The van der Waals surface area contributed by atoms with E-state index in [-0.39, 0.29) is 19.4 Å². The van der Waals surface area contributed by atoms with E-state index in [1.54, 1.807) is 0 Å². The van der Waals surface area contributed by atoms with Crippen LogP contribution in [0.25, 0.3) is 0 Å². The fourth-order valence-corrected chi connectivity index (χ4v) is 1.77. The minimum Gasteiger partial charge on any atom is -0.481 e. The lowest BCUT2D eigenvalue weighted by Crippen LogP contribution is -2.18. The Kier molecular flexibility index (Phi) is 11.8. The van der Waals surface area contributed by atoms with Crippen LogP contribution in [0.3, 0.4) is 0 Å². The van der Waals surface area contributed by atoms with Crippen molar-refractivity contribution in [3.8, 4) is 0 Å². The number of carboxylic acid groups (broad SMARTS) is 1. The molecule has 1 atom stereocenters. The van der Waals surface area contributed by atoms with Crippen molar-refractivity contribution >= 4 is 11.9 Å². The van der Waals surface area contributed by atoms with Crippen molar-refractivity contribution < 1.29 is 34.8 Å². The quantitative estimate of drug-likeness (QED) is 0.225. The van der Waals surface area contributed by atoms with Gasteiger partial charge in [0.2, 0.25) is 0 Å². The zero-order valence-electron chi connectivity index (χ0n) is 12.2. The lowest BCUT2D eigenvalue weighted by atomic mass is 10.1. The lowest BCUT2D eigenvalue weighted by Gasteiger charge is -2.11. The average Bonchev–Trinajstić information content (AvgIpc) is 2.40. The Morgan fingerprint density at radius 3 is 2.10 bits per heavy atom. The van der Waals surface area contributed by atoms with E-state index >= 15 is 0 Å². The molecule has 0 saturated carbocycles. The fourth-order valence-electron chi connectivity index (χ4n) is 1.77. The van der Waals surface area contributed by atoms with Gasteiger partial charge in [0, 0.05) is 12.8 Å². The van der Waals surface area contributed by atoms with Crippen LogP contribution in [0.2, 0.25) is 0 Å². The third-order valence-corrected chi connectivity index (χ3v) is 2.96. The van der Waals surface area contributed by atoms with E-state index in [0.717, 1.165) is 12.8 Å². The molecule has 0 spiro atoms. The Hall–Kier alpha value is -1.18. The van der Waals surface area contributed by atoms with E-state index in [2.05, 4.69) is 0 Å². The summed E-state index contributed by atoms with van der Waals surface area (Å²) in [5.41, 5.74) is 0. The molecule has 0 aromatic rings. The number of hydrogen-bond donors (Lipinski definition) is 4. The van der Waals surface area contributed by atoms with Gasteiger partial charge in [0.25, 0.3) is 0 Å². The molecule has 0 heterocycles. The molecule has 0 aromatic heterocycles. The third-order valence-electron chi connectivity index (χ3n) is 2.96. The van der Waals surface area contributed by atoms with Gasteiger partial charge in [0.15, 0.2) is 6.29 Å². The van der Waals surface area contributed by atoms with Crippen LogP contribution in [0.1, 0.15) is 57.8 Å². The van der Waals surface area contributed by atoms with Gasteiger partial charge in [-0.05, 0) is 32.1 Å². The highest BCUT2D eigenvalue weighted by Gasteiger charge is 2.09. The van der Waals surface area contributed by atoms with Crippen LogP contribution in [0.5, 0.6) is 0 Å². The Balaban J connectivity index is 3.44. The van der Waals surface area contributed by atoms with E-state index in [1.807, 2.05) is 0 Å². The molecule has 1 unspecified atom stereocenters. The molecule has 0 aliphatic rings. The number of aliphatic hydroxyl groups excluding tert-OH is 2. The van der Waals surface area contributed by atoms with E-state index in [0.29, 0.717) is 32.1 Å². The summed E-state index contributed by atoms with van der Waals surface area (Å²) in [5, 5.41) is 35.3. The summed E-state index contributed by atoms with van der Waals surface area (Å²) in [6.45, 7) is -0.0552. The van der Waals surface area contributed by atoms with Gasteiger partial charge < -0.3 is 25.2 Å². The topological polar surface area (TPSA) is 124 Å². The summed E-state index contributed by atoms with van der Waals surface area (Å²) in [4.78, 5) is 21.6. The minimum atomic E-state index is -1.28. The molecule has 0 aliphatic carbocycles. The molecule has 21 heavy (non-hydrogen) atoms. The number of carboxylic acids is 1. The molecule has 0 aliphatic heterocycles. The second-order valence-corrected chi connectivity index (χ2v) is 5.06. The molecule has 0 fully saturated rings. The van der Waals surface area contributed by atoms with Gasteiger partial charge in [-0.15, -0.1) is 0 Å². The third kappa shape index (κ3) is 15.0.